The molecule has 15 heavy (non-hydrogen) atoms. The molecule has 0 unspecified atom stereocenters. The summed E-state index contributed by atoms with van der Waals surface area (Å²) in [6.45, 7) is 0.0269. The van der Waals surface area contributed by atoms with Gasteiger partial charge in [-0.05, 0) is 18.2 Å². The summed E-state index contributed by atoms with van der Waals surface area (Å²) in [6, 6.07) is 3.94. The molecule has 1 rings (SSSR count). The van der Waals surface area contributed by atoms with E-state index in [4.69, 9.17) is 11.6 Å². The highest BCUT2D eigenvalue weighted by atomic mass is 35.5. The second-order valence-corrected chi connectivity index (χ2v) is 3.15. The lowest BCUT2D eigenvalue weighted by Crippen LogP contribution is -2.24. The third kappa shape index (κ3) is 3.32. The van der Waals surface area contributed by atoms with Crippen LogP contribution in [-0.2, 0) is 11.3 Å². The zero-order valence-corrected chi connectivity index (χ0v) is 8.55. The lowest BCUT2D eigenvalue weighted by Gasteiger charge is -2.05. The van der Waals surface area contributed by atoms with Gasteiger partial charge in [-0.25, -0.2) is 4.39 Å². The van der Waals surface area contributed by atoms with Crippen LogP contribution in [0.3, 0.4) is 0 Å². The highest BCUT2D eigenvalue weighted by Gasteiger charge is 2.05. The van der Waals surface area contributed by atoms with Crippen LogP contribution in [0.5, 0.6) is 0 Å². The molecule has 80 valence electrons. The third-order valence-corrected chi connectivity index (χ3v) is 2.05. The molecule has 3 nitrogen and oxygen atoms in total. The molecule has 1 aromatic carbocycles. The van der Waals surface area contributed by atoms with Crippen molar-refractivity contribution >= 4 is 23.8 Å². The van der Waals surface area contributed by atoms with Gasteiger partial charge in [-0.2, -0.15) is 0 Å². The third-order valence-electron chi connectivity index (χ3n) is 1.80. The van der Waals surface area contributed by atoms with Crippen molar-refractivity contribution in [3.8, 4) is 0 Å². The summed E-state index contributed by atoms with van der Waals surface area (Å²) in [6.07, 6.45) is 0.617. The van der Waals surface area contributed by atoms with Crippen molar-refractivity contribution in [3.05, 3.63) is 35.1 Å². The molecule has 1 N–H and O–H groups in total. The molecule has 0 saturated carbocycles. The monoisotopic (exact) mass is 229 g/mol. The average Bonchev–Trinajstić information content (AvgIpc) is 2.27. The number of nitrogens with one attached hydrogen (secondary N) is 1. The molecule has 0 spiro atoms. The number of hydrogen-bond donors (Lipinski definition) is 1. The average molecular weight is 230 g/mol. The molecule has 0 atom stereocenters. The smallest absolute Gasteiger partial charge is 0.235 e. The fourth-order valence-electron chi connectivity index (χ4n) is 1.04. The van der Waals surface area contributed by atoms with Crippen LogP contribution < -0.4 is 5.32 Å². The maximum Gasteiger partial charge on any atom is 0.235 e. The minimum atomic E-state index is -0.463. The van der Waals surface area contributed by atoms with Crippen molar-refractivity contribution in [1.29, 1.82) is 0 Å². The molecule has 1 aromatic rings. The van der Waals surface area contributed by atoms with Crippen molar-refractivity contribution in [2.75, 3.05) is 5.88 Å². The molecular formula is C10H9ClFNO2. The van der Waals surface area contributed by atoms with E-state index in [9.17, 15) is 14.0 Å². The first-order valence-electron chi connectivity index (χ1n) is 4.23. The molecule has 0 radical (unpaired) electrons. The quantitative estimate of drug-likeness (QED) is 0.628. The Morgan fingerprint density at radius 1 is 1.53 bits per heavy atom. The van der Waals surface area contributed by atoms with Gasteiger partial charge in [0.1, 0.15) is 18.0 Å². The summed E-state index contributed by atoms with van der Waals surface area (Å²) >= 11 is 5.25. The minimum absolute atomic E-state index is 0.0269. The molecule has 0 bridgehead atoms. The normalized spacial score (nSPS) is 9.73. The maximum absolute atomic E-state index is 13.2. The van der Waals surface area contributed by atoms with E-state index in [1.54, 1.807) is 0 Å². The molecule has 0 heterocycles. The van der Waals surface area contributed by atoms with Gasteiger partial charge < -0.3 is 5.32 Å². The number of alkyl halides is 1. The van der Waals surface area contributed by atoms with Gasteiger partial charge in [0, 0.05) is 17.7 Å². The first-order valence-corrected chi connectivity index (χ1v) is 4.77. The van der Waals surface area contributed by atoms with E-state index < -0.39 is 5.82 Å². The molecule has 0 aromatic heterocycles. The van der Waals surface area contributed by atoms with Crippen LogP contribution in [0.1, 0.15) is 15.9 Å². The SMILES string of the molecule is O=Cc1ccc(F)c(CNC(=O)CCl)c1. The number of benzene rings is 1. The predicted molar refractivity (Wildman–Crippen MR) is 54.4 cm³/mol. The van der Waals surface area contributed by atoms with E-state index in [0.717, 1.165) is 0 Å². The summed E-state index contributed by atoms with van der Waals surface area (Å²) < 4.78 is 13.2. The topological polar surface area (TPSA) is 46.2 Å². The number of aldehydes is 1. The van der Waals surface area contributed by atoms with Gasteiger partial charge in [0.05, 0.1) is 0 Å². The van der Waals surface area contributed by atoms with Crippen molar-refractivity contribution < 1.29 is 14.0 Å². The zero-order valence-electron chi connectivity index (χ0n) is 7.80. The Morgan fingerprint density at radius 2 is 2.27 bits per heavy atom. The van der Waals surface area contributed by atoms with Crippen LogP contribution in [-0.4, -0.2) is 18.1 Å². The second-order valence-electron chi connectivity index (χ2n) is 2.88. The molecule has 0 aliphatic rings. The number of hydrogen-bond acceptors (Lipinski definition) is 2. The van der Waals surface area contributed by atoms with Gasteiger partial charge >= 0.3 is 0 Å². The minimum Gasteiger partial charge on any atom is -0.351 e. The van der Waals surface area contributed by atoms with Crippen LogP contribution in [0.4, 0.5) is 4.39 Å². The number of amides is 1. The van der Waals surface area contributed by atoms with Crippen molar-refractivity contribution in [3.63, 3.8) is 0 Å². The standard InChI is InChI=1S/C10H9ClFNO2/c11-4-10(15)13-5-8-3-7(6-14)1-2-9(8)12/h1-3,6H,4-5H2,(H,13,15). The Labute approximate surface area is 91.2 Å². The van der Waals surface area contributed by atoms with Gasteiger partial charge in [-0.1, -0.05) is 0 Å². The Morgan fingerprint density at radius 3 is 2.87 bits per heavy atom. The summed E-state index contributed by atoms with van der Waals surface area (Å²) in [7, 11) is 0. The lowest BCUT2D eigenvalue weighted by molar-refractivity contribution is -0.118. The molecule has 1 amide bonds. The van der Waals surface area contributed by atoms with E-state index in [0.29, 0.717) is 11.8 Å². The van der Waals surface area contributed by atoms with E-state index in [-0.39, 0.29) is 23.9 Å². The van der Waals surface area contributed by atoms with Gasteiger partial charge in [-0.15, -0.1) is 11.6 Å². The van der Waals surface area contributed by atoms with Gasteiger partial charge in [0.2, 0.25) is 5.91 Å². The molecule has 0 saturated heterocycles. The number of rotatable bonds is 4. The van der Waals surface area contributed by atoms with E-state index in [1.165, 1.54) is 18.2 Å². The summed E-state index contributed by atoms with van der Waals surface area (Å²) in [5, 5.41) is 2.41. The van der Waals surface area contributed by atoms with Crippen LogP contribution in [0.2, 0.25) is 0 Å². The van der Waals surface area contributed by atoms with Crippen molar-refractivity contribution in [2.24, 2.45) is 0 Å². The largest absolute Gasteiger partial charge is 0.351 e. The Hall–Kier alpha value is -1.42. The predicted octanol–water partition coefficient (Wildman–Crippen LogP) is 1.49. The second kappa shape index (κ2) is 5.46. The van der Waals surface area contributed by atoms with E-state index in [2.05, 4.69) is 5.32 Å². The van der Waals surface area contributed by atoms with Crippen LogP contribution in [0, 0.1) is 5.82 Å². The molecule has 5 heteroatoms. The summed E-state index contributed by atoms with van der Waals surface area (Å²) in [5.74, 6) is -1.02. The lowest BCUT2D eigenvalue weighted by atomic mass is 10.1. The number of halogens is 2. The number of carbonyl (C=O) groups is 2. The highest BCUT2D eigenvalue weighted by Crippen LogP contribution is 2.09. The molecule has 0 aliphatic carbocycles. The van der Waals surface area contributed by atoms with Crippen LogP contribution in [0.15, 0.2) is 18.2 Å². The molecular weight excluding hydrogens is 221 g/mol. The Bertz CT molecular complexity index is 382. The fourth-order valence-corrected chi connectivity index (χ4v) is 1.14. The van der Waals surface area contributed by atoms with Gasteiger partial charge in [-0.3, -0.25) is 9.59 Å². The van der Waals surface area contributed by atoms with E-state index >= 15 is 0 Å². The van der Waals surface area contributed by atoms with Gasteiger partial charge in [0.15, 0.2) is 0 Å². The molecule has 0 fully saturated rings. The Kier molecular flexibility index (Phi) is 4.24. The van der Waals surface area contributed by atoms with Crippen molar-refractivity contribution in [1.82, 2.24) is 5.32 Å². The first kappa shape index (κ1) is 11.7. The maximum atomic E-state index is 13.2. The highest BCUT2D eigenvalue weighted by molar-refractivity contribution is 6.27. The van der Waals surface area contributed by atoms with Crippen LogP contribution >= 0.6 is 11.6 Å². The molecule has 0 aliphatic heterocycles. The number of carbonyl (C=O) groups excluding carboxylic acids is 2. The summed E-state index contributed by atoms with van der Waals surface area (Å²) in [5.41, 5.74) is 0.629. The van der Waals surface area contributed by atoms with Crippen LogP contribution in [0.25, 0.3) is 0 Å². The van der Waals surface area contributed by atoms with Crippen molar-refractivity contribution in [2.45, 2.75) is 6.54 Å². The Balaban J connectivity index is 2.75. The fraction of sp³-hybridized carbons (Fsp3) is 0.200. The first-order chi connectivity index (χ1) is 7.17. The van der Waals surface area contributed by atoms with Gasteiger partial charge in [0.25, 0.3) is 0 Å². The summed E-state index contributed by atoms with van der Waals surface area (Å²) in [4.78, 5) is 21.2. The zero-order chi connectivity index (χ0) is 11.3. The van der Waals surface area contributed by atoms with E-state index in [1.807, 2.05) is 0 Å².